The van der Waals surface area contributed by atoms with Crippen LogP contribution in [0.1, 0.15) is 23.2 Å². The summed E-state index contributed by atoms with van der Waals surface area (Å²) in [6, 6.07) is 2.56. The molecular formula is C12H10BrClFNO2. The van der Waals surface area contributed by atoms with E-state index in [1.807, 2.05) is 0 Å². The summed E-state index contributed by atoms with van der Waals surface area (Å²) < 4.78 is 13.7. The molecule has 18 heavy (non-hydrogen) atoms. The minimum absolute atomic E-state index is 0.185. The Hall–Kier alpha value is -0.940. The van der Waals surface area contributed by atoms with Crippen molar-refractivity contribution in [2.75, 3.05) is 17.3 Å². The highest BCUT2D eigenvalue weighted by atomic mass is 79.9. The molecular weight excluding hydrogens is 324 g/mol. The van der Waals surface area contributed by atoms with Gasteiger partial charge in [0.05, 0.1) is 15.7 Å². The van der Waals surface area contributed by atoms with Crippen molar-refractivity contribution in [1.82, 2.24) is 0 Å². The molecule has 96 valence electrons. The fraction of sp³-hybridized carbons (Fsp3) is 0.333. The van der Waals surface area contributed by atoms with Gasteiger partial charge in [0.1, 0.15) is 5.82 Å². The highest BCUT2D eigenvalue weighted by Crippen LogP contribution is 2.33. The summed E-state index contributed by atoms with van der Waals surface area (Å²) in [6.45, 7) is 0.380. The molecule has 0 unspecified atom stereocenters. The molecule has 0 saturated carbocycles. The molecule has 6 heteroatoms. The molecule has 1 aliphatic heterocycles. The molecule has 0 atom stereocenters. The van der Waals surface area contributed by atoms with Crippen molar-refractivity contribution < 1.29 is 14.0 Å². The number of nitrogens with zero attached hydrogens (tertiary/aromatic N) is 1. The number of rotatable bonds is 4. The molecule has 0 radical (unpaired) electrons. The Balaban J connectivity index is 2.33. The first-order valence-electron chi connectivity index (χ1n) is 5.47. The number of carbonyl (C=O) groups is 2. The highest BCUT2D eigenvalue weighted by Gasteiger charge is 2.36. The number of hydrogen-bond donors (Lipinski definition) is 0. The Kier molecular flexibility index (Phi) is 4.02. The van der Waals surface area contributed by atoms with Crippen LogP contribution in [0, 0.1) is 5.82 Å². The van der Waals surface area contributed by atoms with Crippen molar-refractivity contribution in [1.29, 1.82) is 0 Å². The van der Waals surface area contributed by atoms with Crippen molar-refractivity contribution in [2.45, 2.75) is 12.8 Å². The average molecular weight is 335 g/mol. The van der Waals surface area contributed by atoms with Crippen LogP contribution in [0.3, 0.4) is 0 Å². The van der Waals surface area contributed by atoms with Gasteiger partial charge in [-0.3, -0.25) is 9.59 Å². The molecule has 1 aromatic rings. The number of Topliss-reactive ketones (excluding diaryl/α,β-unsaturated/α-hetero) is 1. The maximum absolute atomic E-state index is 13.5. The van der Waals surface area contributed by atoms with Crippen LogP contribution in [-0.4, -0.2) is 24.1 Å². The molecule has 3 nitrogen and oxygen atoms in total. The normalized spacial score (nSPS) is 14.3. The standard InChI is InChI=1S/C12H10BrClFNO2/c13-8-5-7-10(6-9(8)15)16(4-2-1-3-14)12(18)11(7)17/h5-6H,1-4H2. The summed E-state index contributed by atoms with van der Waals surface area (Å²) in [5.41, 5.74) is 0.597. The van der Waals surface area contributed by atoms with Crippen LogP contribution in [0.5, 0.6) is 0 Å². The smallest absolute Gasteiger partial charge is 0.299 e. The van der Waals surface area contributed by atoms with E-state index in [1.54, 1.807) is 0 Å². The number of ketones is 1. The molecule has 2 rings (SSSR count). The molecule has 0 bridgehead atoms. The second-order valence-electron chi connectivity index (χ2n) is 3.97. The predicted octanol–water partition coefficient (Wildman–Crippen LogP) is 3.14. The highest BCUT2D eigenvalue weighted by molar-refractivity contribution is 9.10. The van der Waals surface area contributed by atoms with E-state index < -0.39 is 17.5 Å². The van der Waals surface area contributed by atoms with Gasteiger partial charge in [-0.2, -0.15) is 0 Å². The van der Waals surface area contributed by atoms with Crippen LogP contribution in [0.25, 0.3) is 0 Å². The predicted molar refractivity (Wildman–Crippen MR) is 70.7 cm³/mol. The van der Waals surface area contributed by atoms with Gasteiger partial charge in [0.15, 0.2) is 0 Å². The number of fused-ring (bicyclic) bond motifs is 1. The van der Waals surface area contributed by atoms with Gasteiger partial charge in [-0.1, -0.05) is 0 Å². The summed E-state index contributed by atoms with van der Waals surface area (Å²) >= 11 is 8.57. The van der Waals surface area contributed by atoms with Crippen molar-refractivity contribution in [3.05, 3.63) is 28.0 Å². The zero-order valence-corrected chi connectivity index (χ0v) is 11.7. The van der Waals surface area contributed by atoms with E-state index in [0.717, 1.165) is 6.42 Å². The summed E-state index contributed by atoms with van der Waals surface area (Å²) in [7, 11) is 0. The van der Waals surface area contributed by atoms with Crippen molar-refractivity contribution >= 4 is 44.9 Å². The second-order valence-corrected chi connectivity index (χ2v) is 5.20. The quantitative estimate of drug-likeness (QED) is 0.482. The number of unbranched alkanes of at least 4 members (excludes halogenated alkanes) is 1. The summed E-state index contributed by atoms with van der Waals surface area (Å²) in [6.07, 6.45) is 1.42. The molecule has 0 N–H and O–H groups in total. The van der Waals surface area contributed by atoms with Crippen LogP contribution >= 0.6 is 27.5 Å². The van der Waals surface area contributed by atoms with E-state index in [1.165, 1.54) is 17.0 Å². The Morgan fingerprint density at radius 2 is 2.00 bits per heavy atom. The van der Waals surface area contributed by atoms with E-state index in [2.05, 4.69) is 15.9 Å². The van der Waals surface area contributed by atoms with Gasteiger partial charge in [0.2, 0.25) is 0 Å². The van der Waals surface area contributed by atoms with Crippen LogP contribution in [-0.2, 0) is 4.79 Å². The molecule has 0 spiro atoms. The minimum atomic E-state index is -0.600. The fourth-order valence-corrected chi connectivity index (χ4v) is 2.41. The van der Waals surface area contributed by atoms with Crippen molar-refractivity contribution in [3.8, 4) is 0 Å². The average Bonchev–Trinajstić information content (AvgIpc) is 2.56. The number of benzene rings is 1. The SMILES string of the molecule is O=C1C(=O)N(CCCCCl)c2cc(F)c(Br)cc21. The van der Waals surface area contributed by atoms with Crippen molar-refractivity contribution in [3.63, 3.8) is 0 Å². The van der Waals surface area contributed by atoms with Gasteiger partial charge < -0.3 is 4.90 Å². The summed E-state index contributed by atoms with van der Waals surface area (Å²) in [4.78, 5) is 24.8. The lowest BCUT2D eigenvalue weighted by Crippen LogP contribution is -2.30. The number of alkyl halides is 1. The Bertz CT molecular complexity index is 521. The Morgan fingerprint density at radius 1 is 1.28 bits per heavy atom. The lowest BCUT2D eigenvalue weighted by Gasteiger charge is -2.16. The van der Waals surface area contributed by atoms with Crippen LogP contribution in [0.4, 0.5) is 10.1 Å². The van der Waals surface area contributed by atoms with Crippen LogP contribution < -0.4 is 4.90 Å². The molecule has 0 saturated heterocycles. The van der Waals surface area contributed by atoms with E-state index in [0.29, 0.717) is 24.5 Å². The second kappa shape index (κ2) is 5.36. The zero-order chi connectivity index (χ0) is 13.3. The third-order valence-corrected chi connectivity index (χ3v) is 3.65. The molecule has 1 aromatic carbocycles. The third kappa shape index (κ3) is 2.29. The largest absolute Gasteiger partial charge is 0.305 e. The fourth-order valence-electron chi connectivity index (χ4n) is 1.88. The van der Waals surface area contributed by atoms with Crippen molar-refractivity contribution in [2.24, 2.45) is 0 Å². The molecule has 1 aliphatic rings. The maximum Gasteiger partial charge on any atom is 0.299 e. The van der Waals surface area contributed by atoms with Gasteiger partial charge in [-0.05, 0) is 40.9 Å². The lowest BCUT2D eigenvalue weighted by atomic mass is 10.1. The van der Waals surface area contributed by atoms with E-state index in [9.17, 15) is 14.0 Å². The summed E-state index contributed by atoms with van der Waals surface area (Å²) in [5.74, 6) is -1.18. The number of amides is 1. The maximum atomic E-state index is 13.5. The van der Waals surface area contributed by atoms with E-state index in [4.69, 9.17) is 11.6 Å². The van der Waals surface area contributed by atoms with Gasteiger partial charge in [-0.15, -0.1) is 11.6 Å². The number of halogens is 3. The monoisotopic (exact) mass is 333 g/mol. The van der Waals surface area contributed by atoms with Gasteiger partial charge in [0, 0.05) is 12.4 Å². The topological polar surface area (TPSA) is 37.4 Å². The first-order chi connectivity index (χ1) is 8.56. The first-order valence-corrected chi connectivity index (χ1v) is 6.80. The van der Waals surface area contributed by atoms with Crippen LogP contribution in [0.15, 0.2) is 16.6 Å². The van der Waals surface area contributed by atoms with Gasteiger partial charge in [-0.25, -0.2) is 4.39 Å². The van der Waals surface area contributed by atoms with Crippen LogP contribution in [0.2, 0.25) is 0 Å². The molecule has 1 heterocycles. The first kappa shape index (κ1) is 13.5. The molecule has 0 fully saturated rings. The zero-order valence-electron chi connectivity index (χ0n) is 9.38. The number of carbonyl (C=O) groups excluding carboxylic acids is 2. The summed E-state index contributed by atoms with van der Waals surface area (Å²) in [5, 5.41) is 0. The van der Waals surface area contributed by atoms with E-state index in [-0.39, 0.29) is 10.0 Å². The van der Waals surface area contributed by atoms with E-state index >= 15 is 0 Å². The molecule has 0 aromatic heterocycles. The van der Waals surface area contributed by atoms with Gasteiger partial charge in [0.25, 0.3) is 11.7 Å². The molecule has 0 aliphatic carbocycles. The Labute approximate surface area is 117 Å². The number of anilines is 1. The Morgan fingerprint density at radius 3 is 2.67 bits per heavy atom. The lowest BCUT2D eigenvalue weighted by molar-refractivity contribution is -0.114. The number of hydrogen-bond acceptors (Lipinski definition) is 2. The third-order valence-electron chi connectivity index (χ3n) is 2.78. The minimum Gasteiger partial charge on any atom is -0.305 e. The van der Waals surface area contributed by atoms with Gasteiger partial charge >= 0.3 is 0 Å². The molecule has 1 amide bonds.